The molecular formula is C18H19BrN2O3S. The van der Waals surface area contributed by atoms with Crippen molar-refractivity contribution >= 4 is 50.8 Å². The molecule has 0 atom stereocenters. The van der Waals surface area contributed by atoms with Crippen molar-refractivity contribution in [3.8, 4) is 0 Å². The van der Waals surface area contributed by atoms with Crippen LogP contribution in [0.5, 0.6) is 0 Å². The molecule has 2 aliphatic heterocycles. The van der Waals surface area contributed by atoms with Gasteiger partial charge in [0, 0.05) is 17.6 Å². The second-order valence-corrected chi connectivity index (χ2v) is 8.03. The van der Waals surface area contributed by atoms with Gasteiger partial charge < -0.3 is 4.90 Å². The number of imide groups is 1. The van der Waals surface area contributed by atoms with Crippen molar-refractivity contribution in [2.24, 2.45) is 0 Å². The zero-order valence-corrected chi connectivity index (χ0v) is 16.1. The molecular weight excluding hydrogens is 404 g/mol. The standard InChI is InChI=1S/C18H19BrN2O3S/c19-14-7-5-6-13(10-14)11-15-17(23)21(18(24)25-15)12-16(22)20-8-3-1-2-4-9-20/h5-7,10-11H,1-4,8-9,12H2/b15-11-. The maximum atomic E-state index is 12.5. The molecule has 0 radical (unpaired) electrons. The lowest BCUT2D eigenvalue weighted by molar-refractivity contribution is -0.135. The van der Waals surface area contributed by atoms with E-state index in [9.17, 15) is 14.4 Å². The molecule has 0 aromatic heterocycles. The molecule has 25 heavy (non-hydrogen) atoms. The SMILES string of the molecule is O=C(CN1C(=O)S/C(=C\c2cccc(Br)c2)C1=O)N1CCCCCC1. The number of benzene rings is 1. The Labute approximate surface area is 159 Å². The van der Waals surface area contributed by atoms with Gasteiger partial charge in [-0.1, -0.05) is 40.9 Å². The summed E-state index contributed by atoms with van der Waals surface area (Å²) in [5.41, 5.74) is 0.832. The van der Waals surface area contributed by atoms with E-state index in [0.717, 1.165) is 52.4 Å². The van der Waals surface area contributed by atoms with Crippen LogP contribution in [0, 0.1) is 0 Å². The number of amides is 3. The number of carbonyl (C=O) groups is 3. The molecule has 0 spiro atoms. The Morgan fingerprint density at radius 1 is 1.16 bits per heavy atom. The molecule has 1 aromatic rings. The Kier molecular flexibility index (Phi) is 5.96. The van der Waals surface area contributed by atoms with E-state index in [-0.39, 0.29) is 17.7 Å². The lowest BCUT2D eigenvalue weighted by Gasteiger charge is -2.22. The normalized spacial score (nSPS) is 20.3. The molecule has 5 nitrogen and oxygen atoms in total. The van der Waals surface area contributed by atoms with Crippen LogP contribution in [0.4, 0.5) is 4.79 Å². The minimum absolute atomic E-state index is 0.145. The summed E-state index contributed by atoms with van der Waals surface area (Å²) in [6.45, 7) is 1.26. The van der Waals surface area contributed by atoms with Gasteiger partial charge in [-0.3, -0.25) is 19.3 Å². The second-order valence-electron chi connectivity index (χ2n) is 6.12. The highest BCUT2D eigenvalue weighted by Gasteiger charge is 2.37. The van der Waals surface area contributed by atoms with E-state index in [1.165, 1.54) is 0 Å². The zero-order chi connectivity index (χ0) is 17.8. The van der Waals surface area contributed by atoms with Crippen LogP contribution in [-0.2, 0) is 9.59 Å². The first-order valence-electron chi connectivity index (χ1n) is 8.33. The highest BCUT2D eigenvalue weighted by atomic mass is 79.9. The monoisotopic (exact) mass is 422 g/mol. The molecule has 1 aromatic carbocycles. The topological polar surface area (TPSA) is 57.7 Å². The molecule has 0 unspecified atom stereocenters. The van der Waals surface area contributed by atoms with Gasteiger partial charge in [0.1, 0.15) is 6.54 Å². The van der Waals surface area contributed by atoms with E-state index in [1.807, 2.05) is 24.3 Å². The fourth-order valence-corrected chi connectivity index (χ4v) is 4.19. The molecule has 2 aliphatic rings. The van der Waals surface area contributed by atoms with Crippen molar-refractivity contribution in [2.75, 3.05) is 19.6 Å². The Balaban J connectivity index is 1.69. The number of halogens is 1. The molecule has 132 valence electrons. The van der Waals surface area contributed by atoms with Crippen LogP contribution in [0.3, 0.4) is 0 Å². The van der Waals surface area contributed by atoms with Crippen LogP contribution in [0.15, 0.2) is 33.6 Å². The Bertz CT molecular complexity index is 727. The summed E-state index contributed by atoms with van der Waals surface area (Å²) in [5, 5.41) is -0.380. The molecule has 0 N–H and O–H groups in total. The molecule has 3 rings (SSSR count). The van der Waals surface area contributed by atoms with Gasteiger partial charge in [-0.2, -0.15) is 0 Å². The van der Waals surface area contributed by atoms with Gasteiger partial charge in [0.15, 0.2) is 0 Å². The highest BCUT2D eigenvalue weighted by Crippen LogP contribution is 2.32. The fourth-order valence-electron chi connectivity index (χ4n) is 2.94. The number of nitrogens with zero attached hydrogens (tertiary/aromatic N) is 2. The van der Waals surface area contributed by atoms with Crippen LogP contribution in [0.25, 0.3) is 6.08 Å². The number of hydrogen-bond donors (Lipinski definition) is 0. The number of likely N-dealkylation sites (tertiary alicyclic amines) is 1. The van der Waals surface area contributed by atoms with Crippen molar-refractivity contribution in [3.05, 3.63) is 39.2 Å². The van der Waals surface area contributed by atoms with E-state index in [0.29, 0.717) is 18.0 Å². The third-order valence-electron chi connectivity index (χ3n) is 4.27. The molecule has 0 bridgehead atoms. The van der Waals surface area contributed by atoms with Gasteiger partial charge in [-0.15, -0.1) is 0 Å². The Hall–Kier alpha value is -1.60. The molecule has 0 saturated carbocycles. The smallest absolute Gasteiger partial charge is 0.294 e. The second kappa shape index (κ2) is 8.19. The molecule has 0 aliphatic carbocycles. The maximum absolute atomic E-state index is 12.5. The lowest BCUT2D eigenvalue weighted by Crippen LogP contribution is -2.42. The average Bonchev–Trinajstić information content (AvgIpc) is 2.79. The Morgan fingerprint density at radius 2 is 1.88 bits per heavy atom. The molecule has 2 heterocycles. The van der Waals surface area contributed by atoms with E-state index in [2.05, 4.69) is 15.9 Å². The van der Waals surface area contributed by atoms with Gasteiger partial charge in [0.2, 0.25) is 5.91 Å². The quantitative estimate of drug-likeness (QED) is 0.693. The van der Waals surface area contributed by atoms with Crippen molar-refractivity contribution in [2.45, 2.75) is 25.7 Å². The zero-order valence-electron chi connectivity index (χ0n) is 13.7. The van der Waals surface area contributed by atoms with Crippen molar-refractivity contribution in [1.82, 2.24) is 9.80 Å². The molecule has 2 fully saturated rings. The number of rotatable bonds is 3. The summed E-state index contributed by atoms with van der Waals surface area (Å²) in [6, 6.07) is 7.49. The lowest BCUT2D eigenvalue weighted by atomic mass is 10.2. The van der Waals surface area contributed by atoms with Crippen molar-refractivity contribution < 1.29 is 14.4 Å². The van der Waals surface area contributed by atoms with E-state index >= 15 is 0 Å². The van der Waals surface area contributed by atoms with Gasteiger partial charge in [0.25, 0.3) is 11.1 Å². The van der Waals surface area contributed by atoms with E-state index in [1.54, 1.807) is 11.0 Å². The first kappa shape index (κ1) is 18.2. The van der Waals surface area contributed by atoms with Crippen LogP contribution < -0.4 is 0 Å². The predicted octanol–water partition coefficient (Wildman–Crippen LogP) is 3.89. The summed E-state index contributed by atoms with van der Waals surface area (Å²) >= 11 is 4.27. The fraction of sp³-hybridized carbons (Fsp3) is 0.389. The minimum atomic E-state index is -0.391. The summed E-state index contributed by atoms with van der Waals surface area (Å²) in [6.07, 6.45) is 5.90. The third kappa shape index (κ3) is 4.52. The van der Waals surface area contributed by atoms with E-state index in [4.69, 9.17) is 0 Å². The summed E-state index contributed by atoms with van der Waals surface area (Å²) in [7, 11) is 0. The number of thioether (sulfide) groups is 1. The first-order chi connectivity index (χ1) is 12.0. The average molecular weight is 423 g/mol. The highest BCUT2D eigenvalue weighted by molar-refractivity contribution is 9.10. The molecule has 7 heteroatoms. The van der Waals surface area contributed by atoms with Crippen LogP contribution >= 0.6 is 27.7 Å². The maximum Gasteiger partial charge on any atom is 0.294 e. The number of carbonyl (C=O) groups excluding carboxylic acids is 3. The van der Waals surface area contributed by atoms with Crippen LogP contribution in [0.2, 0.25) is 0 Å². The molecule has 3 amide bonds. The minimum Gasteiger partial charge on any atom is -0.341 e. The third-order valence-corrected chi connectivity index (χ3v) is 5.67. The van der Waals surface area contributed by atoms with Gasteiger partial charge in [-0.25, -0.2) is 0 Å². The van der Waals surface area contributed by atoms with Crippen LogP contribution in [-0.4, -0.2) is 46.5 Å². The first-order valence-corrected chi connectivity index (χ1v) is 9.94. The molecule has 2 saturated heterocycles. The summed E-state index contributed by atoms with van der Waals surface area (Å²) in [4.78, 5) is 40.3. The Morgan fingerprint density at radius 3 is 2.56 bits per heavy atom. The van der Waals surface area contributed by atoms with Gasteiger partial charge in [0.05, 0.1) is 4.91 Å². The van der Waals surface area contributed by atoms with Crippen LogP contribution in [0.1, 0.15) is 31.2 Å². The number of hydrogen-bond acceptors (Lipinski definition) is 4. The summed E-state index contributed by atoms with van der Waals surface area (Å²) in [5.74, 6) is -0.536. The van der Waals surface area contributed by atoms with Gasteiger partial charge in [-0.05, 0) is 48.4 Å². The predicted molar refractivity (Wildman–Crippen MR) is 102 cm³/mol. The largest absolute Gasteiger partial charge is 0.341 e. The van der Waals surface area contributed by atoms with Gasteiger partial charge >= 0.3 is 0 Å². The van der Waals surface area contributed by atoms with Crippen molar-refractivity contribution in [3.63, 3.8) is 0 Å². The van der Waals surface area contributed by atoms with Crippen molar-refractivity contribution in [1.29, 1.82) is 0 Å². The van der Waals surface area contributed by atoms with E-state index < -0.39 is 5.91 Å². The summed E-state index contributed by atoms with van der Waals surface area (Å²) < 4.78 is 0.900.